The van der Waals surface area contributed by atoms with Gasteiger partial charge >= 0.3 is 0 Å². The Hall–Kier alpha value is 0.270. The van der Waals surface area contributed by atoms with Gasteiger partial charge < -0.3 is 10.4 Å². The largest absolute Gasteiger partial charge is 0.396 e. The van der Waals surface area contributed by atoms with Crippen molar-refractivity contribution in [1.82, 2.24) is 5.32 Å². The van der Waals surface area contributed by atoms with Gasteiger partial charge in [-0.05, 0) is 31.7 Å². The van der Waals surface area contributed by atoms with E-state index in [0.29, 0.717) is 12.6 Å². The van der Waals surface area contributed by atoms with Crippen molar-refractivity contribution < 1.29 is 5.11 Å². The monoisotopic (exact) mass is 245 g/mol. The number of hydrogen-bond acceptors (Lipinski definition) is 3. The highest BCUT2D eigenvalue weighted by molar-refractivity contribution is 7.99. The van der Waals surface area contributed by atoms with Gasteiger partial charge in [-0.15, -0.1) is 0 Å². The highest BCUT2D eigenvalue weighted by Crippen LogP contribution is 2.32. The second kappa shape index (κ2) is 8.37. The third kappa shape index (κ3) is 5.55. The van der Waals surface area contributed by atoms with Crippen molar-refractivity contribution in [3.05, 3.63) is 0 Å². The molecule has 0 aromatic heterocycles. The molecule has 96 valence electrons. The van der Waals surface area contributed by atoms with Crippen molar-refractivity contribution in [2.75, 3.05) is 18.9 Å². The number of aliphatic hydroxyl groups is 1. The molecular weight excluding hydrogens is 218 g/mol. The lowest BCUT2D eigenvalue weighted by atomic mass is 9.91. The summed E-state index contributed by atoms with van der Waals surface area (Å²) in [4.78, 5) is 0. The smallest absolute Gasteiger partial charge is 0.0446 e. The van der Waals surface area contributed by atoms with E-state index in [9.17, 15) is 0 Å². The van der Waals surface area contributed by atoms with Crippen molar-refractivity contribution in [3.8, 4) is 0 Å². The van der Waals surface area contributed by atoms with E-state index in [1.807, 2.05) is 0 Å². The van der Waals surface area contributed by atoms with Crippen LogP contribution in [0.2, 0.25) is 0 Å². The lowest BCUT2D eigenvalue weighted by Crippen LogP contribution is -2.33. The molecule has 0 spiro atoms. The average molecular weight is 245 g/mol. The molecule has 1 saturated carbocycles. The molecule has 1 aliphatic rings. The Bertz CT molecular complexity index is 167. The average Bonchev–Trinajstić information content (AvgIpc) is 2.27. The first-order valence-corrected chi connectivity index (χ1v) is 7.77. The van der Waals surface area contributed by atoms with Crippen LogP contribution in [0.15, 0.2) is 0 Å². The zero-order valence-corrected chi connectivity index (χ0v) is 11.6. The second-order valence-corrected chi connectivity index (χ2v) is 6.33. The van der Waals surface area contributed by atoms with Gasteiger partial charge in [-0.25, -0.2) is 0 Å². The predicted molar refractivity (Wildman–Crippen MR) is 73.0 cm³/mol. The van der Waals surface area contributed by atoms with Gasteiger partial charge in [0, 0.05) is 23.7 Å². The lowest BCUT2D eigenvalue weighted by Gasteiger charge is -2.27. The van der Waals surface area contributed by atoms with E-state index in [1.54, 1.807) is 0 Å². The lowest BCUT2D eigenvalue weighted by molar-refractivity contribution is 0.271. The third-order valence-corrected chi connectivity index (χ3v) is 4.89. The van der Waals surface area contributed by atoms with Crippen molar-refractivity contribution >= 4 is 11.8 Å². The van der Waals surface area contributed by atoms with Crippen LogP contribution in [-0.2, 0) is 0 Å². The minimum absolute atomic E-state index is 0.305. The first kappa shape index (κ1) is 14.3. The number of rotatable bonds is 7. The van der Waals surface area contributed by atoms with Crippen LogP contribution in [0.4, 0.5) is 0 Å². The van der Waals surface area contributed by atoms with Crippen LogP contribution in [0.1, 0.15) is 46.0 Å². The van der Waals surface area contributed by atoms with Gasteiger partial charge in [-0.3, -0.25) is 0 Å². The summed E-state index contributed by atoms with van der Waals surface area (Å²) in [6, 6.07) is 0.497. The number of aliphatic hydroxyl groups excluding tert-OH is 1. The molecule has 0 bridgehead atoms. The quantitative estimate of drug-likeness (QED) is 0.723. The summed E-state index contributed by atoms with van der Waals surface area (Å²) in [6.45, 7) is 5.82. The van der Waals surface area contributed by atoms with E-state index in [2.05, 4.69) is 30.9 Å². The molecular formula is C13H27NOS. The van der Waals surface area contributed by atoms with Crippen LogP contribution in [0.25, 0.3) is 0 Å². The summed E-state index contributed by atoms with van der Waals surface area (Å²) in [6.07, 6.45) is 6.51. The summed E-state index contributed by atoms with van der Waals surface area (Å²) < 4.78 is 0. The molecule has 0 saturated heterocycles. The van der Waals surface area contributed by atoms with Gasteiger partial charge in [0.1, 0.15) is 0 Å². The highest BCUT2D eigenvalue weighted by atomic mass is 32.2. The first-order chi connectivity index (χ1) is 7.76. The molecule has 16 heavy (non-hydrogen) atoms. The molecule has 2 N–H and O–H groups in total. The van der Waals surface area contributed by atoms with Crippen LogP contribution in [0.3, 0.4) is 0 Å². The van der Waals surface area contributed by atoms with Crippen LogP contribution in [-0.4, -0.2) is 35.3 Å². The normalized spacial score (nSPS) is 27.9. The Balaban J connectivity index is 2.19. The minimum Gasteiger partial charge on any atom is -0.396 e. The van der Waals surface area contributed by atoms with Crippen molar-refractivity contribution in [3.63, 3.8) is 0 Å². The van der Waals surface area contributed by atoms with E-state index in [4.69, 9.17) is 5.11 Å². The Kier molecular flexibility index (Phi) is 7.50. The molecule has 1 fully saturated rings. The van der Waals surface area contributed by atoms with Gasteiger partial charge in [0.15, 0.2) is 0 Å². The first-order valence-electron chi connectivity index (χ1n) is 6.72. The van der Waals surface area contributed by atoms with Gasteiger partial charge in [0.25, 0.3) is 0 Å². The Morgan fingerprint density at radius 3 is 2.88 bits per heavy atom. The highest BCUT2D eigenvalue weighted by Gasteiger charge is 2.20. The maximum Gasteiger partial charge on any atom is 0.0446 e. The van der Waals surface area contributed by atoms with Gasteiger partial charge in [0.05, 0.1) is 0 Å². The van der Waals surface area contributed by atoms with Gasteiger partial charge in [-0.1, -0.05) is 26.7 Å². The maximum atomic E-state index is 8.99. The molecule has 0 amide bonds. The molecule has 3 unspecified atom stereocenters. The van der Waals surface area contributed by atoms with E-state index in [1.165, 1.54) is 25.7 Å². The molecule has 0 aliphatic heterocycles. The summed E-state index contributed by atoms with van der Waals surface area (Å²) in [5.41, 5.74) is 0. The Morgan fingerprint density at radius 2 is 2.25 bits per heavy atom. The fraction of sp³-hybridized carbons (Fsp3) is 1.00. The van der Waals surface area contributed by atoms with Crippen LogP contribution >= 0.6 is 11.8 Å². The predicted octanol–water partition coefficient (Wildman–Crippen LogP) is 2.66. The molecule has 0 heterocycles. The minimum atomic E-state index is 0.305. The number of nitrogens with one attached hydrogen (secondary N) is 1. The molecule has 3 atom stereocenters. The molecule has 1 aliphatic carbocycles. The van der Waals surface area contributed by atoms with Gasteiger partial charge in [0.2, 0.25) is 0 Å². The summed E-state index contributed by atoms with van der Waals surface area (Å²) >= 11 is 2.12. The molecule has 0 aromatic rings. The number of hydrogen-bond donors (Lipinski definition) is 2. The van der Waals surface area contributed by atoms with Gasteiger partial charge in [-0.2, -0.15) is 11.8 Å². The molecule has 3 heteroatoms. The Morgan fingerprint density at radius 1 is 1.44 bits per heavy atom. The summed E-state index contributed by atoms with van der Waals surface area (Å²) in [5, 5.41) is 13.3. The topological polar surface area (TPSA) is 32.3 Å². The van der Waals surface area contributed by atoms with Crippen LogP contribution < -0.4 is 5.32 Å². The standard InChI is InChI=1S/C13H27NOS/c1-3-14-12(7-8-15)10-16-13-6-4-5-11(2)9-13/h11-15H,3-10H2,1-2H3. The van der Waals surface area contributed by atoms with Crippen molar-refractivity contribution in [2.24, 2.45) is 5.92 Å². The van der Waals surface area contributed by atoms with E-state index in [-0.39, 0.29) is 0 Å². The SMILES string of the molecule is CCNC(CCO)CSC1CCCC(C)C1. The molecule has 1 rings (SSSR count). The zero-order valence-electron chi connectivity index (χ0n) is 10.7. The van der Waals surface area contributed by atoms with E-state index in [0.717, 1.165) is 29.9 Å². The van der Waals surface area contributed by atoms with E-state index >= 15 is 0 Å². The zero-order chi connectivity index (χ0) is 11.8. The third-order valence-electron chi connectivity index (χ3n) is 3.39. The maximum absolute atomic E-state index is 8.99. The number of thioether (sulfide) groups is 1. The molecule has 0 aromatic carbocycles. The summed E-state index contributed by atoms with van der Waals surface area (Å²) in [7, 11) is 0. The molecule has 0 radical (unpaired) electrons. The molecule has 2 nitrogen and oxygen atoms in total. The fourth-order valence-corrected chi connectivity index (χ4v) is 4.06. The van der Waals surface area contributed by atoms with Crippen LogP contribution in [0, 0.1) is 5.92 Å². The van der Waals surface area contributed by atoms with Crippen molar-refractivity contribution in [1.29, 1.82) is 0 Å². The van der Waals surface area contributed by atoms with Crippen molar-refractivity contribution in [2.45, 2.75) is 57.2 Å². The van der Waals surface area contributed by atoms with E-state index < -0.39 is 0 Å². The Labute approximate surface area is 105 Å². The fourth-order valence-electron chi connectivity index (χ4n) is 2.47. The second-order valence-electron chi connectivity index (χ2n) is 4.99. The summed E-state index contributed by atoms with van der Waals surface area (Å²) in [5.74, 6) is 2.08. The van der Waals surface area contributed by atoms with Crippen LogP contribution in [0.5, 0.6) is 0 Å².